The van der Waals surface area contributed by atoms with E-state index in [1.807, 2.05) is 6.92 Å². The van der Waals surface area contributed by atoms with Crippen molar-refractivity contribution in [3.63, 3.8) is 0 Å². The van der Waals surface area contributed by atoms with Crippen molar-refractivity contribution in [2.75, 3.05) is 6.54 Å². The molecule has 0 spiro atoms. The highest BCUT2D eigenvalue weighted by molar-refractivity contribution is 5.81. The molecule has 9 nitrogen and oxygen atoms in total. The molecule has 0 aromatic carbocycles. The monoisotopic (exact) mass is 439 g/mol. The Kier molecular flexibility index (Phi) is 6.43. The average molecular weight is 440 g/mol. The summed E-state index contributed by atoms with van der Waals surface area (Å²) in [6, 6.07) is 3.41. The number of rotatable bonds is 8. The molecule has 4 rings (SSSR count). The summed E-state index contributed by atoms with van der Waals surface area (Å²) < 4.78 is 9.37. The number of aromatic nitrogens is 4. The van der Waals surface area contributed by atoms with E-state index in [2.05, 4.69) is 16.5 Å². The van der Waals surface area contributed by atoms with E-state index in [4.69, 9.17) is 4.42 Å². The van der Waals surface area contributed by atoms with Crippen LogP contribution in [-0.4, -0.2) is 31.4 Å². The van der Waals surface area contributed by atoms with Gasteiger partial charge in [-0.2, -0.15) is 5.10 Å². The maximum Gasteiger partial charge on any atom is 0.332 e. The summed E-state index contributed by atoms with van der Waals surface area (Å²) in [5.74, 6) is 0.219. The molecule has 32 heavy (non-hydrogen) atoms. The molecule has 0 radical (unpaired) electrons. The van der Waals surface area contributed by atoms with Gasteiger partial charge in [-0.3, -0.25) is 23.4 Å². The van der Waals surface area contributed by atoms with Crippen LogP contribution < -0.4 is 16.6 Å². The lowest BCUT2D eigenvalue weighted by Crippen LogP contribution is -2.43. The highest BCUT2D eigenvalue weighted by Crippen LogP contribution is 2.19. The van der Waals surface area contributed by atoms with Gasteiger partial charge in [-0.05, 0) is 58.1 Å². The minimum atomic E-state index is -0.553. The summed E-state index contributed by atoms with van der Waals surface area (Å²) in [7, 11) is 0. The van der Waals surface area contributed by atoms with Crippen LogP contribution in [0.25, 0.3) is 11.0 Å². The van der Waals surface area contributed by atoms with Crippen molar-refractivity contribution in [3.05, 3.63) is 62.3 Å². The number of hydrogen-bond donors (Lipinski definition) is 1. The maximum atomic E-state index is 13.3. The first-order valence-electron chi connectivity index (χ1n) is 11.2. The van der Waals surface area contributed by atoms with E-state index < -0.39 is 11.2 Å². The van der Waals surface area contributed by atoms with Crippen molar-refractivity contribution >= 4 is 16.9 Å². The van der Waals surface area contributed by atoms with Gasteiger partial charge in [0.15, 0.2) is 5.52 Å². The fourth-order valence-electron chi connectivity index (χ4n) is 4.33. The Morgan fingerprint density at radius 3 is 2.75 bits per heavy atom. The molecule has 0 bridgehead atoms. The third kappa shape index (κ3) is 4.32. The van der Waals surface area contributed by atoms with Crippen molar-refractivity contribution < 1.29 is 9.21 Å². The fourth-order valence-corrected chi connectivity index (χ4v) is 4.33. The Hall–Kier alpha value is -3.36. The van der Waals surface area contributed by atoms with E-state index in [0.29, 0.717) is 35.6 Å². The molecule has 9 heteroatoms. The molecule has 1 aliphatic carbocycles. The predicted molar refractivity (Wildman–Crippen MR) is 121 cm³/mol. The second kappa shape index (κ2) is 9.42. The quantitative estimate of drug-likeness (QED) is 0.543. The average Bonchev–Trinajstić information content (AvgIpc) is 3.42. The molecule has 1 N–H and O–H groups in total. The Bertz CT molecular complexity index is 1260. The molecule has 3 heterocycles. The van der Waals surface area contributed by atoms with Gasteiger partial charge in [-0.1, -0.05) is 11.6 Å². The summed E-state index contributed by atoms with van der Waals surface area (Å²) in [6.07, 6.45) is 9.20. The SMILES string of the molecule is CCn1nc(C)c2c1c(=O)n(Cc1ccco1)c(=O)n2CC(=O)NCCC1=CCCCC1. The third-order valence-corrected chi connectivity index (χ3v) is 5.92. The van der Waals surface area contributed by atoms with Crippen LogP contribution in [0, 0.1) is 6.92 Å². The third-order valence-electron chi connectivity index (χ3n) is 5.92. The smallest absolute Gasteiger partial charge is 0.332 e. The molecule has 1 aliphatic rings. The normalized spacial score (nSPS) is 14.0. The van der Waals surface area contributed by atoms with E-state index in [-0.39, 0.29) is 19.0 Å². The van der Waals surface area contributed by atoms with Gasteiger partial charge in [0.05, 0.1) is 18.5 Å². The number of aryl methyl sites for hydroxylation is 2. The summed E-state index contributed by atoms with van der Waals surface area (Å²) in [4.78, 5) is 39.2. The number of amides is 1. The second-order valence-corrected chi connectivity index (χ2v) is 8.15. The van der Waals surface area contributed by atoms with Crippen molar-refractivity contribution in [1.82, 2.24) is 24.2 Å². The molecule has 0 unspecified atom stereocenters. The summed E-state index contributed by atoms with van der Waals surface area (Å²) in [6.45, 7) is 4.44. The predicted octanol–water partition coefficient (Wildman–Crippen LogP) is 2.34. The number of furan rings is 1. The van der Waals surface area contributed by atoms with Crippen LogP contribution in [0.2, 0.25) is 0 Å². The number of fused-ring (bicyclic) bond motifs is 1. The Balaban J connectivity index is 1.65. The molecular formula is C23H29N5O4. The van der Waals surface area contributed by atoms with E-state index >= 15 is 0 Å². The highest BCUT2D eigenvalue weighted by atomic mass is 16.3. The minimum Gasteiger partial charge on any atom is -0.467 e. The van der Waals surface area contributed by atoms with Gasteiger partial charge in [-0.15, -0.1) is 0 Å². The second-order valence-electron chi connectivity index (χ2n) is 8.15. The van der Waals surface area contributed by atoms with Crippen LogP contribution in [0.3, 0.4) is 0 Å². The van der Waals surface area contributed by atoms with E-state index in [9.17, 15) is 14.4 Å². The molecule has 3 aromatic heterocycles. The number of nitrogens with zero attached hydrogens (tertiary/aromatic N) is 4. The summed E-state index contributed by atoms with van der Waals surface area (Å²) in [5, 5.41) is 7.34. The van der Waals surface area contributed by atoms with Crippen molar-refractivity contribution in [2.45, 2.75) is 65.6 Å². The van der Waals surface area contributed by atoms with E-state index in [1.165, 1.54) is 29.2 Å². The Labute approximate surface area is 185 Å². The molecule has 0 atom stereocenters. The van der Waals surface area contributed by atoms with Gasteiger partial charge >= 0.3 is 5.69 Å². The van der Waals surface area contributed by atoms with Gasteiger partial charge in [0.25, 0.3) is 5.56 Å². The largest absolute Gasteiger partial charge is 0.467 e. The molecule has 0 saturated heterocycles. The van der Waals surface area contributed by atoms with Crippen LogP contribution in [0.4, 0.5) is 0 Å². The molecular weight excluding hydrogens is 410 g/mol. The topological polar surface area (TPSA) is 104 Å². The van der Waals surface area contributed by atoms with Gasteiger partial charge in [0.2, 0.25) is 5.91 Å². The standard InChI is InChI=1S/C23H29N5O4/c1-3-28-21-20(16(2)25-28)26(15-19(29)24-12-11-17-8-5-4-6-9-17)23(31)27(22(21)30)14-18-10-7-13-32-18/h7-8,10,13H,3-6,9,11-12,14-15H2,1-2H3,(H,24,29). The fraction of sp³-hybridized carbons (Fsp3) is 0.478. The molecule has 170 valence electrons. The van der Waals surface area contributed by atoms with Crippen LogP contribution in [0.15, 0.2) is 44.1 Å². The molecule has 0 aliphatic heterocycles. The lowest BCUT2D eigenvalue weighted by molar-refractivity contribution is -0.121. The van der Waals surface area contributed by atoms with Crippen LogP contribution in [0.1, 0.15) is 50.5 Å². The summed E-state index contributed by atoms with van der Waals surface area (Å²) >= 11 is 0. The number of carbonyl (C=O) groups excluding carboxylic acids is 1. The number of allylic oxidation sites excluding steroid dienone is 1. The first-order valence-corrected chi connectivity index (χ1v) is 11.2. The zero-order chi connectivity index (χ0) is 22.7. The van der Waals surface area contributed by atoms with Crippen LogP contribution >= 0.6 is 0 Å². The zero-order valence-corrected chi connectivity index (χ0v) is 18.6. The van der Waals surface area contributed by atoms with Gasteiger partial charge < -0.3 is 9.73 Å². The highest BCUT2D eigenvalue weighted by Gasteiger charge is 2.22. The first-order chi connectivity index (χ1) is 15.5. The number of hydrogen-bond acceptors (Lipinski definition) is 5. The Morgan fingerprint density at radius 1 is 1.22 bits per heavy atom. The van der Waals surface area contributed by atoms with E-state index in [0.717, 1.165) is 23.8 Å². The van der Waals surface area contributed by atoms with Crippen molar-refractivity contribution in [3.8, 4) is 0 Å². The molecule has 3 aromatic rings. The summed E-state index contributed by atoms with van der Waals surface area (Å²) in [5.41, 5.74) is 1.65. The molecule has 1 amide bonds. The number of nitrogens with one attached hydrogen (secondary N) is 1. The lowest BCUT2D eigenvalue weighted by atomic mass is 9.97. The van der Waals surface area contributed by atoms with Crippen molar-refractivity contribution in [2.24, 2.45) is 0 Å². The van der Waals surface area contributed by atoms with Gasteiger partial charge in [0, 0.05) is 13.1 Å². The lowest BCUT2D eigenvalue weighted by Gasteiger charge is -2.14. The molecule has 0 fully saturated rings. The first kappa shape index (κ1) is 21.9. The minimum absolute atomic E-state index is 0.00960. The maximum absolute atomic E-state index is 13.3. The van der Waals surface area contributed by atoms with Crippen LogP contribution in [0.5, 0.6) is 0 Å². The van der Waals surface area contributed by atoms with Gasteiger partial charge in [0.1, 0.15) is 17.8 Å². The van der Waals surface area contributed by atoms with Crippen molar-refractivity contribution in [1.29, 1.82) is 0 Å². The van der Waals surface area contributed by atoms with Crippen LogP contribution in [-0.2, 0) is 24.4 Å². The van der Waals surface area contributed by atoms with E-state index in [1.54, 1.807) is 23.7 Å². The molecule has 0 saturated carbocycles. The zero-order valence-electron chi connectivity index (χ0n) is 18.6. The van der Waals surface area contributed by atoms with Gasteiger partial charge in [-0.25, -0.2) is 4.79 Å². The number of carbonyl (C=O) groups is 1. The Morgan fingerprint density at radius 2 is 2.06 bits per heavy atom.